The fourth-order valence-electron chi connectivity index (χ4n) is 3.03. The molecule has 5 atom stereocenters. The molecule has 4 heteroatoms. The summed E-state index contributed by atoms with van der Waals surface area (Å²) in [4.78, 5) is 12.1. The first-order valence-electron chi connectivity index (χ1n) is 6.81. The van der Waals surface area contributed by atoms with Crippen LogP contribution in [0.1, 0.15) is 39.5 Å². The monoisotopic (exact) mass is 240 g/mol. The Labute approximate surface area is 103 Å². The molecule has 5 unspecified atom stereocenters. The Balaban J connectivity index is 1.85. The third kappa shape index (κ3) is 2.63. The standard InChI is InChI=1S/C13H24N2O2/c1-3-17-11-7-10(14)12(11)15-13(16)9-6-4-5-8(9)2/h8-12H,3-7,14H2,1-2H3,(H,15,16). The van der Waals surface area contributed by atoms with E-state index in [2.05, 4.69) is 12.2 Å². The minimum atomic E-state index is 0.0234. The first-order chi connectivity index (χ1) is 8.13. The summed E-state index contributed by atoms with van der Waals surface area (Å²) in [7, 11) is 0. The van der Waals surface area contributed by atoms with Gasteiger partial charge in [-0.1, -0.05) is 13.3 Å². The molecule has 0 spiro atoms. The van der Waals surface area contributed by atoms with Crippen molar-refractivity contribution in [2.45, 2.75) is 57.7 Å². The van der Waals surface area contributed by atoms with Crippen molar-refractivity contribution in [1.82, 2.24) is 5.32 Å². The van der Waals surface area contributed by atoms with Gasteiger partial charge in [0.1, 0.15) is 0 Å². The van der Waals surface area contributed by atoms with E-state index >= 15 is 0 Å². The van der Waals surface area contributed by atoms with Crippen molar-refractivity contribution in [2.75, 3.05) is 6.61 Å². The number of nitrogens with two attached hydrogens (primary N) is 1. The molecule has 0 aliphatic heterocycles. The molecule has 4 nitrogen and oxygen atoms in total. The maximum absolute atomic E-state index is 12.1. The van der Waals surface area contributed by atoms with Gasteiger partial charge < -0.3 is 15.8 Å². The van der Waals surface area contributed by atoms with Crippen LogP contribution in [0.15, 0.2) is 0 Å². The van der Waals surface area contributed by atoms with Crippen LogP contribution in [0.25, 0.3) is 0 Å². The molecule has 0 aromatic carbocycles. The van der Waals surface area contributed by atoms with Gasteiger partial charge in [0, 0.05) is 18.6 Å². The van der Waals surface area contributed by atoms with Crippen molar-refractivity contribution >= 4 is 5.91 Å². The maximum atomic E-state index is 12.1. The molecule has 0 aromatic rings. The van der Waals surface area contributed by atoms with Crippen molar-refractivity contribution in [3.8, 4) is 0 Å². The van der Waals surface area contributed by atoms with Crippen molar-refractivity contribution < 1.29 is 9.53 Å². The molecule has 2 rings (SSSR count). The van der Waals surface area contributed by atoms with Crippen molar-refractivity contribution in [2.24, 2.45) is 17.6 Å². The van der Waals surface area contributed by atoms with Crippen LogP contribution in [-0.4, -0.2) is 30.7 Å². The van der Waals surface area contributed by atoms with E-state index in [1.807, 2.05) is 6.92 Å². The van der Waals surface area contributed by atoms with Crippen molar-refractivity contribution in [3.63, 3.8) is 0 Å². The van der Waals surface area contributed by atoms with Crippen LogP contribution >= 0.6 is 0 Å². The molecule has 0 aromatic heterocycles. The zero-order valence-corrected chi connectivity index (χ0v) is 10.8. The lowest BCUT2D eigenvalue weighted by molar-refractivity contribution is -0.130. The molecular formula is C13H24N2O2. The van der Waals surface area contributed by atoms with E-state index < -0.39 is 0 Å². The van der Waals surface area contributed by atoms with Crippen LogP contribution < -0.4 is 11.1 Å². The van der Waals surface area contributed by atoms with Gasteiger partial charge in [-0.3, -0.25) is 4.79 Å². The zero-order chi connectivity index (χ0) is 12.4. The average molecular weight is 240 g/mol. The molecular weight excluding hydrogens is 216 g/mol. The van der Waals surface area contributed by atoms with Gasteiger partial charge in [0.15, 0.2) is 0 Å². The number of rotatable bonds is 4. The topological polar surface area (TPSA) is 64.3 Å². The van der Waals surface area contributed by atoms with E-state index in [4.69, 9.17) is 10.5 Å². The highest BCUT2D eigenvalue weighted by atomic mass is 16.5. The molecule has 17 heavy (non-hydrogen) atoms. The van der Waals surface area contributed by atoms with Gasteiger partial charge >= 0.3 is 0 Å². The Morgan fingerprint density at radius 3 is 2.76 bits per heavy atom. The summed E-state index contributed by atoms with van der Waals surface area (Å²) >= 11 is 0. The maximum Gasteiger partial charge on any atom is 0.223 e. The summed E-state index contributed by atoms with van der Waals surface area (Å²) in [6, 6.07) is 0.0856. The summed E-state index contributed by atoms with van der Waals surface area (Å²) < 4.78 is 5.56. The first-order valence-corrected chi connectivity index (χ1v) is 6.81. The number of hydrogen-bond acceptors (Lipinski definition) is 3. The second-order valence-electron chi connectivity index (χ2n) is 5.44. The van der Waals surface area contributed by atoms with Gasteiger partial charge in [-0.15, -0.1) is 0 Å². The molecule has 3 N–H and O–H groups in total. The molecule has 0 radical (unpaired) electrons. The van der Waals surface area contributed by atoms with Gasteiger partial charge in [-0.2, -0.15) is 0 Å². The normalized spacial score (nSPS) is 41.0. The van der Waals surface area contributed by atoms with E-state index in [0.717, 1.165) is 12.8 Å². The summed E-state index contributed by atoms with van der Waals surface area (Å²) in [6.07, 6.45) is 4.35. The zero-order valence-electron chi connectivity index (χ0n) is 10.8. The van der Waals surface area contributed by atoms with Crippen LogP contribution in [0, 0.1) is 11.8 Å². The van der Waals surface area contributed by atoms with Crippen LogP contribution in [0.5, 0.6) is 0 Å². The fraction of sp³-hybridized carbons (Fsp3) is 0.923. The number of carbonyl (C=O) groups excluding carboxylic acids is 1. The molecule has 2 fully saturated rings. The van der Waals surface area contributed by atoms with Crippen LogP contribution in [0.2, 0.25) is 0 Å². The minimum Gasteiger partial charge on any atom is -0.376 e. The summed E-state index contributed by atoms with van der Waals surface area (Å²) in [5, 5.41) is 3.08. The van der Waals surface area contributed by atoms with Crippen LogP contribution in [-0.2, 0) is 9.53 Å². The predicted molar refractivity (Wildman–Crippen MR) is 66.4 cm³/mol. The number of hydrogen-bond donors (Lipinski definition) is 2. The largest absolute Gasteiger partial charge is 0.376 e. The quantitative estimate of drug-likeness (QED) is 0.772. The predicted octanol–water partition coefficient (Wildman–Crippen LogP) is 1.04. The Kier molecular flexibility index (Phi) is 4.05. The smallest absolute Gasteiger partial charge is 0.223 e. The van der Waals surface area contributed by atoms with E-state index in [1.54, 1.807) is 0 Å². The average Bonchev–Trinajstić information content (AvgIpc) is 2.72. The van der Waals surface area contributed by atoms with Gasteiger partial charge in [0.25, 0.3) is 0 Å². The number of nitrogens with one attached hydrogen (secondary N) is 1. The number of amides is 1. The second kappa shape index (κ2) is 5.36. The first kappa shape index (κ1) is 12.8. The summed E-state index contributed by atoms with van der Waals surface area (Å²) in [5.41, 5.74) is 5.93. The van der Waals surface area contributed by atoms with E-state index in [9.17, 15) is 4.79 Å². The molecule has 2 saturated carbocycles. The Bertz CT molecular complexity index is 281. The highest BCUT2D eigenvalue weighted by molar-refractivity contribution is 5.79. The molecule has 0 heterocycles. The third-order valence-electron chi connectivity index (χ3n) is 4.25. The Morgan fingerprint density at radius 2 is 2.24 bits per heavy atom. The molecule has 2 aliphatic rings. The van der Waals surface area contributed by atoms with Gasteiger partial charge in [-0.25, -0.2) is 0 Å². The summed E-state index contributed by atoms with van der Waals surface area (Å²) in [6.45, 7) is 4.82. The molecule has 1 amide bonds. The minimum absolute atomic E-state index is 0.0234. The molecule has 98 valence electrons. The second-order valence-corrected chi connectivity index (χ2v) is 5.44. The molecule has 2 aliphatic carbocycles. The van der Waals surface area contributed by atoms with Crippen LogP contribution in [0.4, 0.5) is 0 Å². The van der Waals surface area contributed by atoms with E-state index in [1.165, 1.54) is 12.8 Å². The van der Waals surface area contributed by atoms with Gasteiger partial charge in [0.2, 0.25) is 5.91 Å². The fourth-order valence-corrected chi connectivity index (χ4v) is 3.03. The third-order valence-corrected chi connectivity index (χ3v) is 4.25. The lowest BCUT2D eigenvalue weighted by Crippen LogP contribution is -2.65. The summed E-state index contributed by atoms with van der Waals surface area (Å²) in [5.74, 6) is 0.877. The van der Waals surface area contributed by atoms with E-state index in [-0.39, 0.29) is 30.0 Å². The van der Waals surface area contributed by atoms with Crippen molar-refractivity contribution in [3.05, 3.63) is 0 Å². The highest BCUT2D eigenvalue weighted by Gasteiger charge is 2.42. The van der Waals surface area contributed by atoms with Crippen molar-refractivity contribution in [1.29, 1.82) is 0 Å². The lowest BCUT2D eigenvalue weighted by atomic mass is 9.82. The molecule has 0 saturated heterocycles. The molecule has 0 bridgehead atoms. The SMILES string of the molecule is CCOC1CC(N)C1NC(=O)C1CCCC1C. The van der Waals surface area contributed by atoms with Gasteiger partial charge in [-0.05, 0) is 32.1 Å². The highest BCUT2D eigenvalue weighted by Crippen LogP contribution is 2.32. The lowest BCUT2D eigenvalue weighted by Gasteiger charge is -2.43. The van der Waals surface area contributed by atoms with Gasteiger partial charge in [0.05, 0.1) is 12.1 Å². The van der Waals surface area contributed by atoms with Crippen LogP contribution in [0.3, 0.4) is 0 Å². The number of ether oxygens (including phenoxy) is 1. The Hall–Kier alpha value is -0.610. The Morgan fingerprint density at radius 1 is 1.47 bits per heavy atom. The van der Waals surface area contributed by atoms with E-state index in [0.29, 0.717) is 12.5 Å². The number of carbonyl (C=O) groups is 1.